The van der Waals surface area contributed by atoms with Crippen molar-refractivity contribution in [3.63, 3.8) is 0 Å². The number of hydrogen-bond donors (Lipinski definition) is 1. The van der Waals surface area contributed by atoms with Gasteiger partial charge in [0.2, 0.25) is 0 Å². The molecule has 0 fully saturated rings. The molecule has 0 saturated heterocycles. The van der Waals surface area contributed by atoms with Crippen molar-refractivity contribution in [1.29, 1.82) is 0 Å². The van der Waals surface area contributed by atoms with Gasteiger partial charge in [0.05, 0.1) is 17.5 Å². The zero-order valence-electron chi connectivity index (χ0n) is 8.51. The molecule has 0 atom stereocenters. The lowest BCUT2D eigenvalue weighted by molar-refractivity contribution is -0.384. The van der Waals surface area contributed by atoms with E-state index >= 15 is 0 Å². The van der Waals surface area contributed by atoms with Gasteiger partial charge in [-0.1, -0.05) is 0 Å². The lowest BCUT2D eigenvalue weighted by Crippen LogP contribution is -1.98. The Morgan fingerprint density at radius 1 is 1.50 bits per heavy atom. The van der Waals surface area contributed by atoms with Crippen LogP contribution in [0.15, 0.2) is 24.4 Å². The smallest absolute Gasteiger partial charge is 0.310 e. The zero-order valence-corrected chi connectivity index (χ0v) is 8.51. The van der Waals surface area contributed by atoms with Crippen molar-refractivity contribution in [2.24, 2.45) is 0 Å². The first kappa shape index (κ1) is 10.2. The van der Waals surface area contributed by atoms with Crippen LogP contribution in [0.5, 0.6) is 5.75 Å². The van der Waals surface area contributed by atoms with E-state index in [2.05, 4.69) is 4.98 Å². The quantitative estimate of drug-likeness (QED) is 0.613. The standard InChI is InChI=1S/C10H9N3O3/c1-16-6-2-3-7-8(4-6)12-5-9(10(7)11)13(14)15/h2-5H,1H3,(H2,11,12). The molecule has 0 radical (unpaired) electrons. The van der Waals surface area contributed by atoms with Crippen LogP contribution in [0.4, 0.5) is 11.4 Å². The first-order valence-electron chi connectivity index (χ1n) is 4.50. The van der Waals surface area contributed by atoms with E-state index in [4.69, 9.17) is 10.5 Å². The van der Waals surface area contributed by atoms with Crippen molar-refractivity contribution in [2.45, 2.75) is 0 Å². The Bertz CT molecular complexity index is 568. The Morgan fingerprint density at radius 3 is 2.88 bits per heavy atom. The van der Waals surface area contributed by atoms with Gasteiger partial charge in [-0.15, -0.1) is 0 Å². The van der Waals surface area contributed by atoms with Gasteiger partial charge in [-0.3, -0.25) is 10.1 Å². The Morgan fingerprint density at radius 2 is 2.25 bits per heavy atom. The summed E-state index contributed by atoms with van der Waals surface area (Å²) in [4.78, 5) is 14.1. The molecule has 16 heavy (non-hydrogen) atoms. The maximum absolute atomic E-state index is 10.6. The molecule has 2 N–H and O–H groups in total. The van der Waals surface area contributed by atoms with Crippen LogP contribution in [-0.4, -0.2) is 17.0 Å². The fourth-order valence-corrected chi connectivity index (χ4v) is 1.46. The second-order valence-corrected chi connectivity index (χ2v) is 3.20. The minimum absolute atomic E-state index is 0.123. The number of nitro groups is 1. The molecule has 1 aromatic heterocycles. The number of ether oxygens (including phenoxy) is 1. The summed E-state index contributed by atoms with van der Waals surface area (Å²) in [6, 6.07) is 5.02. The highest BCUT2D eigenvalue weighted by Crippen LogP contribution is 2.30. The fraction of sp³-hybridized carbons (Fsp3) is 0.100. The molecule has 2 aromatic rings. The molecule has 0 spiro atoms. The van der Waals surface area contributed by atoms with Crippen molar-refractivity contribution in [2.75, 3.05) is 12.8 Å². The van der Waals surface area contributed by atoms with Crippen LogP contribution in [0.3, 0.4) is 0 Å². The van der Waals surface area contributed by atoms with Gasteiger partial charge < -0.3 is 10.5 Å². The summed E-state index contributed by atoms with van der Waals surface area (Å²) in [6.07, 6.45) is 1.15. The van der Waals surface area contributed by atoms with Crippen molar-refractivity contribution in [3.8, 4) is 5.75 Å². The molecule has 0 bridgehead atoms. The van der Waals surface area contributed by atoms with Crippen LogP contribution in [-0.2, 0) is 0 Å². The predicted molar refractivity (Wildman–Crippen MR) is 59.4 cm³/mol. The minimum atomic E-state index is -0.550. The van der Waals surface area contributed by atoms with Crippen LogP contribution >= 0.6 is 0 Å². The summed E-state index contributed by atoms with van der Waals surface area (Å²) in [7, 11) is 1.54. The van der Waals surface area contributed by atoms with E-state index in [1.54, 1.807) is 18.2 Å². The Balaban J connectivity index is 2.71. The number of methoxy groups -OCH3 is 1. The molecular weight excluding hydrogens is 210 g/mol. The predicted octanol–water partition coefficient (Wildman–Crippen LogP) is 1.73. The summed E-state index contributed by atoms with van der Waals surface area (Å²) < 4.78 is 5.03. The van der Waals surface area contributed by atoms with Gasteiger partial charge in [-0.25, -0.2) is 4.98 Å². The number of fused-ring (bicyclic) bond motifs is 1. The second-order valence-electron chi connectivity index (χ2n) is 3.20. The third-order valence-corrected chi connectivity index (χ3v) is 2.29. The van der Waals surface area contributed by atoms with Crippen LogP contribution in [0, 0.1) is 10.1 Å². The van der Waals surface area contributed by atoms with Crippen molar-refractivity contribution < 1.29 is 9.66 Å². The van der Waals surface area contributed by atoms with Crippen LogP contribution in [0.25, 0.3) is 10.9 Å². The van der Waals surface area contributed by atoms with Crippen LogP contribution in [0.2, 0.25) is 0 Å². The average Bonchev–Trinajstić information content (AvgIpc) is 2.28. The summed E-state index contributed by atoms with van der Waals surface area (Å²) in [5, 5.41) is 11.2. The van der Waals surface area contributed by atoms with E-state index in [1.165, 1.54) is 7.11 Å². The molecule has 1 aromatic carbocycles. The van der Waals surface area contributed by atoms with E-state index in [9.17, 15) is 10.1 Å². The van der Waals surface area contributed by atoms with E-state index in [-0.39, 0.29) is 11.4 Å². The summed E-state index contributed by atoms with van der Waals surface area (Å²) in [6.45, 7) is 0. The maximum atomic E-state index is 10.6. The van der Waals surface area contributed by atoms with Gasteiger partial charge in [0.1, 0.15) is 17.6 Å². The van der Waals surface area contributed by atoms with E-state index in [0.29, 0.717) is 16.7 Å². The van der Waals surface area contributed by atoms with E-state index in [0.717, 1.165) is 6.20 Å². The number of nitrogens with two attached hydrogens (primary N) is 1. The lowest BCUT2D eigenvalue weighted by atomic mass is 10.1. The summed E-state index contributed by atoms with van der Waals surface area (Å²) in [5.41, 5.74) is 6.20. The molecule has 0 unspecified atom stereocenters. The lowest BCUT2D eigenvalue weighted by Gasteiger charge is -2.04. The van der Waals surface area contributed by atoms with Gasteiger partial charge >= 0.3 is 5.69 Å². The minimum Gasteiger partial charge on any atom is -0.497 e. The van der Waals surface area contributed by atoms with E-state index < -0.39 is 4.92 Å². The number of nitrogens with zero attached hydrogens (tertiary/aromatic N) is 2. The molecular formula is C10H9N3O3. The molecule has 1 heterocycles. The number of pyridine rings is 1. The normalized spacial score (nSPS) is 10.3. The summed E-state index contributed by atoms with van der Waals surface area (Å²) in [5.74, 6) is 0.633. The van der Waals surface area contributed by atoms with E-state index in [1.807, 2.05) is 0 Å². The first-order valence-corrected chi connectivity index (χ1v) is 4.50. The van der Waals surface area contributed by atoms with Gasteiger partial charge in [0, 0.05) is 11.5 Å². The molecule has 6 heteroatoms. The van der Waals surface area contributed by atoms with Crippen molar-refractivity contribution in [3.05, 3.63) is 34.5 Å². The number of nitrogen functional groups attached to an aromatic ring is 1. The SMILES string of the molecule is COc1ccc2c(N)c([N+](=O)[O-])cnc2c1. The summed E-state index contributed by atoms with van der Waals surface area (Å²) >= 11 is 0. The number of rotatable bonds is 2. The molecule has 0 aliphatic rings. The number of hydrogen-bond acceptors (Lipinski definition) is 5. The molecule has 2 rings (SSSR count). The number of anilines is 1. The number of aromatic nitrogens is 1. The Labute approximate surface area is 90.8 Å². The largest absolute Gasteiger partial charge is 0.497 e. The Hall–Kier alpha value is -2.37. The highest BCUT2D eigenvalue weighted by Gasteiger charge is 2.15. The molecule has 0 amide bonds. The third-order valence-electron chi connectivity index (χ3n) is 2.29. The molecule has 82 valence electrons. The highest BCUT2D eigenvalue weighted by atomic mass is 16.6. The van der Waals surface area contributed by atoms with Crippen molar-refractivity contribution in [1.82, 2.24) is 4.98 Å². The van der Waals surface area contributed by atoms with Gasteiger partial charge in [0.25, 0.3) is 0 Å². The fourth-order valence-electron chi connectivity index (χ4n) is 1.46. The van der Waals surface area contributed by atoms with Gasteiger partial charge in [-0.05, 0) is 12.1 Å². The zero-order chi connectivity index (χ0) is 11.7. The second kappa shape index (κ2) is 3.65. The molecule has 6 nitrogen and oxygen atoms in total. The van der Waals surface area contributed by atoms with Crippen molar-refractivity contribution >= 4 is 22.3 Å². The Kier molecular flexibility index (Phi) is 2.32. The monoisotopic (exact) mass is 219 g/mol. The average molecular weight is 219 g/mol. The molecule has 0 aliphatic heterocycles. The maximum Gasteiger partial charge on any atom is 0.310 e. The third kappa shape index (κ3) is 1.50. The molecule has 0 aliphatic carbocycles. The van der Waals surface area contributed by atoms with Crippen LogP contribution < -0.4 is 10.5 Å². The first-order chi connectivity index (χ1) is 7.63. The van der Waals surface area contributed by atoms with Gasteiger partial charge in [0.15, 0.2) is 0 Å². The topological polar surface area (TPSA) is 91.3 Å². The number of benzene rings is 1. The highest BCUT2D eigenvalue weighted by molar-refractivity contribution is 5.94. The van der Waals surface area contributed by atoms with Gasteiger partial charge in [-0.2, -0.15) is 0 Å². The molecule has 0 saturated carbocycles. The van der Waals surface area contributed by atoms with Crippen LogP contribution in [0.1, 0.15) is 0 Å².